The van der Waals surface area contributed by atoms with Crippen LogP contribution < -0.4 is 11.0 Å². The van der Waals surface area contributed by atoms with Crippen LogP contribution in [0.5, 0.6) is 0 Å². The smallest absolute Gasteiger partial charge is 0.301 e. The van der Waals surface area contributed by atoms with Crippen molar-refractivity contribution in [3.63, 3.8) is 0 Å². The number of carbonyl (C=O) groups is 1. The summed E-state index contributed by atoms with van der Waals surface area (Å²) in [5, 5.41) is 8.30. The van der Waals surface area contributed by atoms with Crippen molar-refractivity contribution in [1.82, 2.24) is 24.2 Å². The van der Waals surface area contributed by atoms with Crippen LogP contribution in [0, 0.1) is 0 Å². The molecule has 3 heterocycles. The average Bonchev–Trinajstić information content (AvgIpc) is 3.40. The number of carbonyl (C=O) groups excluding carboxylic acids is 1. The van der Waals surface area contributed by atoms with Gasteiger partial charge in [-0.2, -0.15) is 5.10 Å². The Balaban J connectivity index is 1.19. The van der Waals surface area contributed by atoms with Crippen LogP contribution in [-0.4, -0.2) is 49.8 Å². The van der Waals surface area contributed by atoms with Crippen LogP contribution in [-0.2, 0) is 17.9 Å². The second kappa shape index (κ2) is 9.90. The van der Waals surface area contributed by atoms with Crippen molar-refractivity contribution >= 4 is 32.6 Å². The lowest BCUT2D eigenvalue weighted by atomic mass is 9.96. The molecule has 34 heavy (non-hydrogen) atoms. The molecule has 0 aliphatic carbocycles. The Morgan fingerprint density at radius 3 is 2.56 bits per heavy atom. The molecule has 2 aromatic carbocycles. The van der Waals surface area contributed by atoms with Crippen molar-refractivity contribution in [2.24, 2.45) is 0 Å². The molecular formula is C25H28N6O2S. The van der Waals surface area contributed by atoms with Crippen LogP contribution in [0.25, 0.3) is 10.2 Å². The normalized spacial score (nSPS) is 15.1. The minimum atomic E-state index is -0.0565. The van der Waals surface area contributed by atoms with Crippen LogP contribution in [0.4, 0.5) is 5.13 Å². The summed E-state index contributed by atoms with van der Waals surface area (Å²) >= 11 is 1.49. The van der Waals surface area contributed by atoms with Gasteiger partial charge in [0.25, 0.3) is 0 Å². The van der Waals surface area contributed by atoms with Gasteiger partial charge in [-0.3, -0.25) is 14.3 Å². The third-order valence-electron chi connectivity index (χ3n) is 6.30. The summed E-state index contributed by atoms with van der Waals surface area (Å²) < 4.78 is 4.43. The van der Waals surface area contributed by atoms with Gasteiger partial charge in [-0.1, -0.05) is 53.8 Å². The molecule has 8 nitrogen and oxygen atoms in total. The Bertz CT molecular complexity index is 1300. The number of fused-ring (bicyclic) bond motifs is 1. The SMILES string of the molecule is CCn1c(C2CCN(CC(=O)Nc3nc4ccccc4s3)CC2)nn(Cc2ccccc2)c1=O. The highest BCUT2D eigenvalue weighted by atomic mass is 32.1. The predicted molar refractivity (Wildman–Crippen MR) is 134 cm³/mol. The maximum Gasteiger partial charge on any atom is 0.346 e. The van der Waals surface area contributed by atoms with Crippen LogP contribution in [0.1, 0.15) is 37.1 Å². The van der Waals surface area contributed by atoms with E-state index in [1.165, 1.54) is 11.3 Å². The first kappa shape index (κ1) is 22.5. The number of hydrogen-bond donors (Lipinski definition) is 1. The summed E-state index contributed by atoms with van der Waals surface area (Å²) in [7, 11) is 0. The molecule has 0 unspecified atom stereocenters. The standard InChI is InChI=1S/C25H28N6O2S/c1-2-30-23(28-31(25(30)33)16-18-8-4-3-5-9-18)19-12-14-29(15-13-19)17-22(32)27-24-26-20-10-6-7-11-21(20)34-24/h3-11,19H,2,12-17H2,1H3,(H,26,27,32). The first-order valence-corrected chi connectivity index (χ1v) is 12.5. The second-order valence-corrected chi connectivity index (χ2v) is 9.64. The second-order valence-electron chi connectivity index (χ2n) is 8.61. The maximum absolute atomic E-state index is 12.9. The van der Waals surface area contributed by atoms with Gasteiger partial charge in [-0.15, -0.1) is 0 Å². The minimum Gasteiger partial charge on any atom is -0.301 e. The van der Waals surface area contributed by atoms with Crippen molar-refractivity contribution < 1.29 is 4.79 Å². The number of nitrogens with one attached hydrogen (secondary N) is 1. The molecule has 1 N–H and O–H groups in total. The van der Waals surface area contributed by atoms with E-state index < -0.39 is 0 Å². The first-order valence-electron chi connectivity index (χ1n) is 11.7. The molecule has 0 spiro atoms. The van der Waals surface area contributed by atoms with E-state index in [0.717, 1.165) is 47.5 Å². The molecule has 1 aliphatic heterocycles. The number of hydrogen-bond acceptors (Lipinski definition) is 6. The fourth-order valence-electron chi connectivity index (χ4n) is 4.55. The van der Waals surface area contributed by atoms with Crippen LogP contribution in [0.2, 0.25) is 0 Å². The first-order chi connectivity index (χ1) is 16.6. The molecule has 9 heteroatoms. The Hall–Kier alpha value is -3.30. The number of piperidine rings is 1. The number of benzene rings is 2. The van der Waals surface area contributed by atoms with Gasteiger partial charge < -0.3 is 5.32 Å². The summed E-state index contributed by atoms with van der Waals surface area (Å²) in [4.78, 5) is 32.1. The van der Waals surface area contributed by atoms with E-state index in [1.54, 1.807) is 9.25 Å². The molecule has 0 saturated carbocycles. The van der Waals surface area contributed by atoms with E-state index in [1.807, 2.05) is 61.5 Å². The van der Waals surface area contributed by atoms with Crippen LogP contribution in [0.15, 0.2) is 59.4 Å². The lowest BCUT2D eigenvalue weighted by Crippen LogP contribution is -2.39. The number of nitrogens with zero attached hydrogens (tertiary/aromatic N) is 5. The molecular weight excluding hydrogens is 448 g/mol. The molecule has 4 aromatic rings. The van der Waals surface area contributed by atoms with Crippen molar-refractivity contribution in [2.45, 2.75) is 38.8 Å². The van der Waals surface area contributed by atoms with E-state index in [2.05, 4.69) is 15.2 Å². The van der Waals surface area contributed by atoms with Crippen LogP contribution in [0.3, 0.4) is 0 Å². The number of anilines is 1. The maximum atomic E-state index is 12.9. The van der Waals surface area contributed by atoms with Gasteiger partial charge >= 0.3 is 5.69 Å². The van der Waals surface area contributed by atoms with Gasteiger partial charge in [0.15, 0.2) is 5.13 Å². The third kappa shape index (κ3) is 4.80. The zero-order valence-electron chi connectivity index (χ0n) is 19.2. The number of rotatable bonds is 7. The van der Waals surface area contributed by atoms with Crippen LogP contribution >= 0.6 is 11.3 Å². The number of likely N-dealkylation sites (tertiary alicyclic amines) is 1. The Kier molecular flexibility index (Phi) is 6.55. The zero-order chi connectivity index (χ0) is 23.5. The van der Waals surface area contributed by atoms with E-state index in [9.17, 15) is 9.59 Å². The monoisotopic (exact) mass is 476 g/mol. The number of aromatic nitrogens is 4. The largest absolute Gasteiger partial charge is 0.346 e. The van der Waals surface area contributed by atoms with Gasteiger partial charge in [0.1, 0.15) is 5.82 Å². The third-order valence-corrected chi connectivity index (χ3v) is 7.25. The number of amides is 1. The highest BCUT2D eigenvalue weighted by molar-refractivity contribution is 7.22. The summed E-state index contributed by atoms with van der Waals surface area (Å²) in [6.45, 7) is 4.99. The van der Waals surface area contributed by atoms with Crippen molar-refractivity contribution in [1.29, 1.82) is 0 Å². The predicted octanol–water partition coefficient (Wildman–Crippen LogP) is 3.54. The molecule has 0 bridgehead atoms. The van der Waals surface area contributed by atoms with E-state index >= 15 is 0 Å². The highest BCUT2D eigenvalue weighted by Crippen LogP contribution is 2.27. The number of thiazole rings is 1. The number of para-hydroxylation sites is 1. The molecule has 1 saturated heterocycles. The molecule has 1 amide bonds. The van der Waals surface area contributed by atoms with Gasteiger partial charge in [-0.05, 0) is 50.6 Å². The molecule has 1 aliphatic rings. The van der Waals surface area contributed by atoms with E-state index in [0.29, 0.717) is 24.8 Å². The zero-order valence-corrected chi connectivity index (χ0v) is 20.0. The lowest BCUT2D eigenvalue weighted by Gasteiger charge is -2.30. The summed E-state index contributed by atoms with van der Waals surface area (Å²) in [6.07, 6.45) is 1.74. The van der Waals surface area contributed by atoms with Gasteiger partial charge in [0.05, 0.1) is 23.3 Å². The van der Waals surface area contributed by atoms with Gasteiger partial charge in [0, 0.05) is 12.5 Å². The topological polar surface area (TPSA) is 85.1 Å². The Morgan fingerprint density at radius 1 is 1.09 bits per heavy atom. The molecule has 5 rings (SSSR count). The molecule has 2 aromatic heterocycles. The van der Waals surface area contributed by atoms with Gasteiger partial charge in [0.2, 0.25) is 5.91 Å². The Morgan fingerprint density at radius 2 is 1.82 bits per heavy atom. The van der Waals surface area contributed by atoms with E-state index in [-0.39, 0.29) is 17.5 Å². The lowest BCUT2D eigenvalue weighted by molar-refractivity contribution is -0.117. The van der Waals surface area contributed by atoms with Crippen molar-refractivity contribution in [3.8, 4) is 0 Å². The summed E-state index contributed by atoms with van der Waals surface area (Å²) in [6, 6.07) is 17.8. The average molecular weight is 477 g/mol. The molecule has 0 radical (unpaired) electrons. The summed E-state index contributed by atoms with van der Waals surface area (Å²) in [5.41, 5.74) is 1.90. The van der Waals surface area contributed by atoms with Gasteiger partial charge in [-0.25, -0.2) is 14.5 Å². The fourth-order valence-corrected chi connectivity index (χ4v) is 5.44. The minimum absolute atomic E-state index is 0.0462. The summed E-state index contributed by atoms with van der Waals surface area (Å²) in [5.74, 6) is 1.03. The Labute approximate surface area is 201 Å². The quantitative estimate of drug-likeness (QED) is 0.441. The van der Waals surface area contributed by atoms with Crippen molar-refractivity contribution in [3.05, 3.63) is 76.5 Å². The molecule has 176 valence electrons. The highest BCUT2D eigenvalue weighted by Gasteiger charge is 2.27. The fraction of sp³-hybridized carbons (Fsp3) is 0.360. The van der Waals surface area contributed by atoms with Crippen molar-refractivity contribution in [2.75, 3.05) is 25.0 Å². The molecule has 1 fully saturated rings. The molecule has 0 atom stereocenters. The van der Waals surface area contributed by atoms with E-state index in [4.69, 9.17) is 5.10 Å².